The van der Waals surface area contributed by atoms with Crippen molar-refractivity contribution in [2.45, 2.75) is 25.8 Å². The Labute approximate surface area is 174 Å². The summed E-state index contributed by atoms with van der Waals surface area (Å²) in [5, 5.41) is 12.8. The summed E-state index contributed by atoms with van der Waals surface area (Å²) in [5.41, 5.74) is 0.840. The molecule has 1 N–H and O–H groups in total. The summed E-state index contributed by atoms with van der Waals surface area (Å²) < 4.78 is 1.31. The summed E-state index contributed by atoms with van der Waals surface area (Å²) >= 11 is 5.98. The van der Waals surface area contributed by atoms with Crippen LogP contribution >= 0.6 is 11.6 Å². The minimum absolute atomic E-state index is 0.112. The Morgan fingerprint density at radius 3 is 2.62 bits per heavy atom. The van der Waals surface area contributed by atoms with Gasteiger partial charge in [0.25, 0.3) is 5.56 Å². The first-order chi connectivity index (χ1) is 14.1. The minimum Gasteiger partial charge on any atom is -0.494 e. The van der Waals surface area contributed by atoms with Crippen molar-refractivity contribution in [2.75, 3.05) is 19.6 Å². The molecule has 1 aromatic heterocycles. The van der Waals surface area contributed by atoms with Crippen molar-refractivity contribution in [2.24, 2.45) is 4.99 Å². The lowest BCUT2D eigenvalue weighted by molar-refractivity contribution is 0.273. The summed E-state index contributed by atoms with van der Waals surface area (Å²) in [5.74, 6) is -0.112. The monoisotopic (exact) mass is 409 g/mol. The average Bonchev–Trinajstić information content (AvgIpc) is 3.19. The van der Waals surface area contributed by atoms with Gasteiger partial charge in [-0.25, -0.2) is 4.57 Å². The highest BCUT2D eigenvalue weighted by atomic mass is 35.5. The number of rotatable bonds is 5. The lowest BCUT2D eigenvalue weighted by atomic mass is 10.1. The molecule has 2 aromatic carbocycles. The Balaban J connectivity index is 1.79. The van der Waals surface area contributed by atoms with Crippen LogP contribution in [0.4, 0.5) is 0 Å². The zero-order valence-electron chi connectivity index (χ0n) is 16.4. The molecule has 2 heterocycles. The molecule has 150 valence electrons. The molecule has 0 saturated carbocycles. The van der Waals surface area contributed by atoms with Crippen molar-refractivity contribution >= 4 is 28.6 Å². The lowest BCUT2D eigenvalue weighted by Gasteiger charge is -2.20. The number of pyridine rings is 1. The first-order valence-electron chi connectivity index (χ1n) is 9.96. The van der Waals surface area contributed by atoms with E-state index in [0.29, 0.717) is 39.6 Å². The van der Waals surface area contributed by atoms with Crippen molar-refractivity contribution in [3.63, 3.8) is 0 Å². The maximum atomic E-state index is 13.1. The van der Waals surface area contributed by atoms with E-state index in [4.69, 9.17) is 11.6 Å². The van der Waals surface area contributed by atoms with Crippen LogP contribution in [0, 0.1) is 0 Å². The number of benzene rings is 2. The number of aromatic nitrogens is 1. The second-order valence-corrected chi connectivity index (χ2v) is 7.76. The molecule has 0 aliphatic carbocycles. The number of likely N-dealkylation sites (N-methyl/N-ethyl adjacent to an activating group) is 1. The molecule has 6 heteroatoms. The summed E-state index contributed by atoms with van der Waals surface area (Å²) in [6.45, 7) is 4.99. The van der Waals surface area contributed by atoms with Crippen molar-refractivity contribution in [3.8, 4) is 11.6 Å². The maximum Gasteiger partial charge on any atom is 0.265 e. The third kappa shape index (κ3) is 3.80. The van der Waals surface area contributed by atoms with Crippen LogP contribution in [0.5, 0.6) is 5.88 Å². The molecule has 29 heavy (non-hydrogen) atoms. The molecular weight excluding hydrogens is 386 g/mol. The van der Waals surface area contributed by atoms with Crippen LogP contribution in [-0.2, 0) is 0 Å². The largest absolute Gasteiger partial charge is 0.494 e. The van der Waals surface area contributed by atoms with E-state index in [2.05, 4.69) is 16.8 Å². The van der Waals surface area contributed by atoms with Crippen LogP contribution in [-0.4, -0.2) is 46.5 Å². The van der Waals surface area contributed by atoms with Gasteiger partial charge in [-0.2, -0.15) is 0 Å². The molecule has 1 atom stereocenters. The number of hydrogen-bond acceptors (Lipinski definition) is 4. The molecule has 4 rings (SSSR count). The molecule has 0 unspecified atom stereocenters. The summed E-state index contributed by atoms with van der Waals surface area (Å²) in [6.07, 6.45) is 4.04. The molecule has 0 bridgehead atoms. The minimum atomic E-state index is -0.273. The molecule has 1 aliphatic heterocycles. The van der Waals surface area contributed by atoms with Gasteiger partial charge in [-0.1, -0.05) is 36.7 Å². The van der Waals surface area contributed by atoms with E-state index >= 15 is 0 Å². The molecular formula is C23H24ClN3O2. The first-order valence-corrected chi connectivity index (χ1v) is 10.3. The molecule has 3 aromatic rings. The topological polar surface area (TPSA) is 57.8 Å². The number of nitrogens with zero attached hydrogens (tertiary/aromatic N) is 3. The number of fused-ring (bicyclic) bond motifs is 1. The van der Waals surface area contributed by atoms with Crippen molar-refractivity contribution in [1.29, 1.82) is 0 Å². The third-order valence-electron chi connectivity index (χ3n) is 5.63. The van der Waals surface area contributed by atoms with E-state index < -0.39 is 0 Å². The van der Waals surface area contributed by atoms with Crippen LogP contribution in [0.2, 0.25) is 5.02 Å². The Bertz CT molecular complexity index is 1110. The fourth-order valence-electron chi connectivity index (χ4n) is 4.10. The first kappa shape index (κ1) is 19.7. The van der Waals surface area contributed by atoms with Crippen molar-refractivity contribution < 1.29 is 5.11 Å². The molecule has 0 amide bonds. The van der Waals surface area contributed by atoms with E-state index in [0.717, 1.165) is 19.5 Å². The third-order valence-corrected chi connectivity index (χ3v) is 5.88. The number of aliphatic imine (C=N–C) groups is 1. The zero-order chi connectivity index (χ0) is 20.4. The van der Waals surface area contributed by atoms with E-state index in [9.17, 15) is 9.90 Å². The molecule has 1 aliphatic rings. The number of hydrogen-bond donors (Lipinski definition) is 1. The second-order valence-electron chi connectivity index (χ2n) is 7.32. The van der Waals surface area contributed by atoms with Gasteiger partial charge in [0.15, 0.2) is 0 Å². The fraction of sp³-hybridized carbons (Fsp3) is 0.304. The van der Waals surface area contributed by atoms with Gasteiger partial charge < -0.3 is 5.11 Å². The van der Waals surface area contributed by atoms with Crippen LogP contribution in [0.3, 0.4) is 0 Å². The smallest absolute Gasteiger partial charge is 0.265 e. The SMILES string of the molecule is CCN1CCC[C@H]1CN=Cc1c(O)n(-c2ccc(Cl)cc2)c(=O)c2ccccc12. The number of aromatic hydroxyl groups is 1. The summed E-state index contributed by atoms with van der Waals surface area (Å²) in [4.78, 5) is 20.2. The van der Waals surface area contributed by atoms with Gasteiger partial charge >= 0.3 is 0 Å². The summed E-state index contributed by atoms with van der Waals surface area (Å²) in [7, 11) is 0. The van der Waals surface area contributed by atoms with Crippen LogP contribution < -0.4 is 5.56 Å². The van der Waals surface area contributed by atoms with Crippen LogP contribution in [0.1, 0.15) is 25.3 Å². The highest BCUT2D eigenvalue weighted by Crippen LogP contribution is 2.26. The van der Waals surface area contributed by atoms with Gasteiger partial charge in [0.1, 0.15) is 0 Å². The van der Waals surface area contributed by atoms with Crippen LogP contribution in [0.15, 0.2) is 58.3 Å². The maximum absolute atomic E-state index is 13.1. The highest BCUT2D eigenvalue weighted by Gasteiger charge is 2.22. The number of halogens is 1. The predicted octanol–water partition coefficient (Wildman–Crippen LogP) is 4.25. The van der Waals surface area contributed by atoms with E-state index in [1.165, 1.54) is 11.0 Å². The Hall–Kier alpha value is -2.63. The standard InChI is InChI=1S/C23H24ClN3O2/c1-2-26-13-5-6-18(26)14-25-15-21-19-7-3-4-8-20(19)22(28)27(23(21)29)17-11-9-16(24)10-12-17/h3-4,7-12,15,18,29H,2,5-6,13-14H2,1H3/t18-/m0/s1. The molecule has 5 nitrogen and oxygen atoms in total. The van der Waals surface area contributed by atoms with Gasteiger partial charge in [0, 0.05) is 28.1 Å². The van der Waals surface area contributed by atoms with Gasteiger partial charge in [-0.3, -0.25) is 14.7 Å². The molecule has 0 radical (unpaired) electrons. The van der Waals surface area contributed by atoms with Gasteiger partial charge in [0.05, 0.1) is 17.8 Å². The highest BCUT2D eigenvalue weighted by molar-refractivity contribution is 6.30. The molecule has 1 fully saturated rings. The lowest BCUT2D eigenvalue weighted by Crippen LogP contribution is -2.31. The Morgan fingerprint density at radius 2 is 1.90 bits per heavy atom. The Kier molecular flexibility index (Phi) is 5.69. The summed E-state index contributed by atoms with van der Waals surface area (Å²) in [6, 6.07) is 14.6. The van der Waals surface area contributed by atoms with E-state index in [-0.39, 0.29) is 11.4 Å². The van der Waals surface area contributed by atoms with Gasteiger partial charge in [-0.15, -0.1) is 0 Å². The molecule has 1 saturated heterocycles. The van der Waals surface area contributed by atoms with Crippen molar-refractivity contribution in [1.82, 2.24) is 9.47 Å². The van der Waals surface area contributed by atoms with Gasteiger partial charge in [0.2, 0.25) is 5.88 Å². The van der Waals surface area contributed by atoms with Gasteiger partial charge in [-0.05, 0) is 56.3 Å². The van der Waals surface area contributed by atoms with E-state index in [1.54, 1.807) is 36.5 Å². The van der Waals surface area contributed by atoms with E-state index in [1.807, 2.05) is 18.2 Å². The molecule has 0 spiro atoms. The average molecular weight is 410 g/mol. The quantitative estimate of drug-likeness (QED) is 0.641. The number of likely N-dealkylation sites (tertiary alicyclic amines) is 1. The van der Waals surface area contributed by atoms with Crippen LogP contribution in [0.25, 0.3) is 16.5 Å². The zero-order valence-corrected chi connectivity index (χ0v) is 17.1. The van der Waals surface area contributed by atoms with Crippen molar-refractivity contribution in [3.05, 3.63) is 69.5 Å². The Morgan fingerprint density at radius 1 is 1.17 bits per heavy atom. The second kappa shape index (κ2) is 8.39. The fourth-order valence-corrected chi connectivity index (χ4v) is 4.23. The normalized spacial score (nSPS) is 17.5. The predicted molar refractivity (Wildman–Crippen MR) is 119 cm³/mol.